The first-order chi connectivity index (χ1) is 16.1. The molecule has 1 saturated heterocycles. The van der Waals surface area contributed by atoms with Crippen LogP contribution in [0.25, 0.3) is 11.4 Å². The third-order valence-electron chi connectivity index (χ3n) is 5.59. The minimum absolute atomic E-state index is 0.0397. The van der Waals surface area contributed by atoms with E-state index in [4.69, 9.17) is 23.9 Å². The molecular formula is C22H25N7O4. The summed E-state index contributed by atoms with van der Waals surface area (Å²) < 4.78 is 16.5. The molecule has 4 heterocycles. The van der Waals surface area contributed by atoms with Crippen LogP contribution in [0.4, 0.5) is 22.3 Å². The van der Waals surface area contributed by atoms with Gasteiger partial charge in [-0.15, -0.1) is 5.10 Å². The number of rotatable bonds is 4. The molecule has 2 aliphatic rings. The molecule has 5 rings (SSSR count). The maximum Gasteiger partial charge on any atom is 0.327 e. The highest BCUT2D eigenvalue weighted by molar-refractivity contribution is 5.98. The molecule has 1 atom stereocenters. The van der Waals surface area contributed by atoms with Crippen LogP contribution in [-0.4, -0.2) is 58.6 Å². The van der Waals surface area contributed by atoms with Crippen molar-refractivity contribution in [2.75, 3.05) is 41.9 Å². The quantitative estimate of drug-likeness (QED) is 0.615. The van der Waals surface area contributed by atoms with Crippen molar-refractivity contribution in [3.05, 3.63) is 41.4 Å². The summed E-state index contributed by atoms with van der Waals surface area (Å²) in [5.74, 6) is 1.95. The minimum Gasteiger partial charge on any atom is -0.408 e. The van der Waals surface area contributed by atoms with Gasteiger partial charge in [0.1, 0.15) is 5.82 Å². The molecule has 11 heteroatoms. The highest BCUT2D eigenvalue weighted by atomic mass is 16.5. The summed E-state index contributed by atoms with van der Waals surface area (Å²) in [7, 11) is 0. The number of nitrogens with one attached hydrogen (secondary N) is 2. The highest BCUT2D eigenvalue weighted by Crippen LogP contribution is 2.31. The van der Waals surface area contributed by atoms with Crippen LogP contribution in [0.5, 0.6) is 0 Å². The Morgan fingerprint density at radius 3 is 2.70 bits per heavy atom. The zero-order valence-electron chi connectivity index (χ0n) is 18.5. The average Bonchev–Trinajstić information content (AvgIpc) is 3.23. The molecule has 2 amide bonds. The van der Waals surface area contributed by atoms with Gasteiger partial charge in [-0.2, -0.15) is 0 Å². The van der Waals surface area contributed by atoms with E-state index in [2.05, 4.69) is 32.7 Å². The molecule has 2 N–H and O–H groups in total. The second-order valence-corrected chi connectivity index (χ2v) is 8.00. The maximum absolute atomic E-state index is 12.2. The smallest absolute Gasteiger partial charge is 0.327 e. The third-order valence-corrected chi connectivity index (χ3v) is 5.59. The second-order valence-electron chi connectivity index (χ2n) is 8.00. The maximum atomic E-state index is 12.2. The number of fused-ring (bicyclic) bond motifs is 1. The van der Waals surface area contributed by atoms with E-state index in [1.165, 1.54) is 0 Å². The van der Waals surface area contributed by atoms with Crippen molar-refractivity contribution in [3.63, 3.8) is 0 Å². The van der Waals surface area contributed by atoms with Crippen molar-refractivity contribution >= 4 is 23.6 Å². The Labute approximate surface area is 190 Å². The zero-order chi connectivity index (χ0) is 22.8. The predicted octanol–water partition coefficient (Wildman–Crippen LogP) is 2.78. The number of carbonyl (C=O) groups excluding carboxylic acids is 1. The van der Waals surface area contributed by atoms with Gasteiger partial charge in [0.25, 0.3) is 0 Å². The second kappa shape index (κ2) is 9.12. The highest BCUT2D eigenvalue weighted by Gasteiger charge is 2.27. The van der Waals surface area contributed by atoms with E-state index in [0.717, 1.165) is 35.6 Å². The van der Waals surface area contributed by atoms with Crippen LogP contribution in [0.1, 0.15) is 24.1 Å². The zero-order valence-corrected chi connectivity index (χ0v) is 18.5. The summed E-state index contributed by atoms with van der Waals surface area (Å²) in [5.41, 5.74) is 3.56. The average molecular weight is 451 g/mol. The van der Waals surface area contributed by atoms with Crippen molar-refractivity contribution in [1.29, 1.82) is 0 Å². The number of hydrogen-bond acceptors (Lipinski definition) is 9. The number of anilines is 3. The van der Waals surface area contributed by atoms with Crippen LogP contribution in [0.2, 0.25) is 0 Å². The van der Waals surface area contributed by atoms with Gasteiger partial charge in [0, 0.05) is 36.7 Å². The van der Waals surface area contributed by atoms with Gasteiger partial charge in [-0.1, -0.05) is 5.10 Å². The van der Waals surface area contributed by atoms with Crippen LogP contribution in [0.15, 0.2) is 28.7 Å². The fourth-order valence-corrected chi connectivity index (χ4v) is 3.93. The SMILES string of the molecule is Cc1nnc(NC(=O)Nc2ccc(-c3nc4c(c(N5CCOCC5C)n3)COCC4)cc2)o1. The van der Waals surface area contributed by atoms with E-state index in [0.29, 0.717) is 43.8 Å². The van der Waals surface area contributed by atoms with Gasteiger partial charge in [-0.25, -0.2) is 14.8 Å². The number of morpholine rings is 1. The summed E-state index contributed by atoms with van der Waals surface area (Å²) in [6.07, 6.45) is 0.755. The van der Waals surface area contributed by atoms with Crippen LogP contribution in [0.3, 0.4) is 0 Å². The molecule has 0 bridgehead atoms. The standard InChI is InChI=1S/C22H25N7O4/c1-13-11-32-10-8-29(13)20-17-12-31-9-7-18(17)24-19(25-20)15-3-5-16(6-4-15)23-21(30)26-22-28-27-14(2)33-22/h3-6,13H,7-12H2,1-2H3,(H2,23,26,28,30). The molecule has 2 aromatic heterocycles. The lowest BCUT2D eigenvalue weighted by atomic mass is 10.1. The number of aryl methyl sites for hydroxylation is 1. The Balaban J connectivity index is 1.37. The van der Waals surface area contributed by atoms with Gasteiger partial charge in [-0.05, 0) is 31.2 Å². The Hall–Kier alpha value is -3.57. The summed E-state index contributed by atoms with van der Waals surface area (Å²) in [6.45, 7) is 7.08. The van der Waals surface area contributed by atoms with Crippen molar-refractivity contribution in [1.82, 2.24) is 20.2 Å². The molecule has 1 aromatic carbocycles. The molecule has 2 aliphatic heterocycles. The number of ether oxygens (including phenoxy) is 2. The molecule has 33 heavy (non-hydrogen) atoms. The Kier molecular flexibility index (Phi) is 5.88. The van der Waals surface area contributed by atoms with Crippen molar-refractivity contribution in [2.45, 2.75) is 32.9 Å². The van der Waals surface area contributed by atoms with Crippen LogP contribution >= 0.6 is 0 Å². The predicted molar refractivity (Wildman–Crippen MR) is 120 cm³/mol. The van der Waals surface area contributed by atoms with Crippen molar-refractivity contribution < 1.29 is 18.7 Å². The fourth-order valence-electron chi connectivity index (χ4n) is 3.93. The molecule has 3 aromatic rings. The lowest BCUT2D eigenvalue weighted by Gasteiger charge is -2.36. The van der Waals surface area contributed by atoms with E-state index in [9.17, 15) is 4.79 Å². The van der Waals surface area contributed by atoms with Crippen molar-refractivity contribution in [2.24, 2.45) is 0 Å². The van der Waals surface area contributed by atoms with Crippen LogP contribution in [0, 0.1) is 6.92 Å². The number of nitrogens with zero attached hydrogens (tertiary/aromatic N) is 5. The van der Waals surface area contributed by atoms with E-state index >= 15 is 0 Å². The fraction of sp³-hybridized carbons (Fsp3) is 0.409. The largest absolute Gasteiger partial charge is 0.408 e. The summed E-state index contributed by atoms with van der Waals surface area (Å²) in [6, 6.07) is 7.17. The lowest BCUT2D eigenvalue weighted by Crippen LogP contribution is -2.45. The summed E-state index contributed by atoms with van der Waals surface area (Å²) >= 11 is 0. The Morgan fingerprint density at radius 1 is 1.09 bits per heavy atom. The van der Waals surface area contributed by atoms with Crippen LogP contribution < -0.4 is 15.5 Å². The molecule has 0 radical (unpaired) electrons. The first-order valence-electron chi connectivity index (χ1n) is 10.9. The number of carbonyl (C=O) groups is 1. The third kappa shape index (κ3) is 4.64. The summed E-state index contributed by atoms with van der Waals surface area (Å²) in [5, 5.41) is 12.7. The molecule has 11 nitrogen and oxygen atoms in total. The molecule has 1 fully saturated rings. The van der Waals surface area contributed by atoms with Gasteiger partial charge in [-0.3, -0.25) is 5.32 Å². The van der Waals surface area contributed by atoms with Gasteiger partial charge in [0.15, 0.2) is 5.82 Å². The minimum atomic E-state index is -0.472. The van der Waals surface area contributed by atoms with Gasteiger partial charge >= 0.3 is 12.0 Å². The molecule has 172 valence electrons. The number of hydrogen-bond donors (Lipinski definition) is 2. The van der Waals surface area contributed by atoms with Crippen molar-refractivity contribution in [3.8, 4) is 11.4 Å². The molecule has 1 unspecified atom stereocenters. The van der Waals surface area contributed by atoms with E-state index in [1.807, 2.05) is 12.1 Å². The monoisotopic (exact) mass is 451 g/mol. The van der Waals surface area contributed by atoms with E-state index in [1.54, 1.807) is 19.1 Å². The number of benzene rings is 1. The first kappa shape index (κ1) is 21.3. The Bertz CT molecular complexity index is 1150. The molecule has 0 aliphatic carbocycles. The van der Waals surface area contributed by atoms with Gasteiger partial charge < -0.3 is 24.1 Å². The van der Waals surface area contributed by atoms with Gasteiger partial charge in [0.05, 0.1) is 38.2 Å². The van der Waals surface area contributed by atoms with E-state index < -0.39 is 6.03 Å². The molecule has 0 saturated carbocycles. The number of urea groups is 1. The number of aromatic nitrogens is 4. The van der Waals surface area contributed by atoms with E-state index in [-0.39, 0.29) is 12.1 Å². The first-order valence-corrected chi connectivity index (χ1v) is 10.9. The number of amides is 2. The van der Waals surface area contributed by atoms with Crippen LogP contribution in [-0.2, 0) is 22.5 Å². The normalized spacial score (nSPS) is 18.0. The summed E-state index contributed by atoms with van der Waals surface area (Å²) in [4.78, 5) is 24.2. The molecule has 0 spiro atoms. The van der Waals surface area contributed by atoms with Gasteiger partial charge in [0.2, 0.25) is 5.89 Å². The molecular weight excluding hydrogens is 426 g/mol. The Morgan fingerprint density at radius 2 is 1.94 bits per heavy atom. The lowest BCUT2D eigenvalue weighted by molar-refractivity contribution is 0.0952. The topological polar surface area (TPSA) is 128 Å².